The molecule has 1 heterocycles. The van der Waals surface area contributed by atoms with Crippen molar-refractivity contribution in [1.29, 1.82) is 0 Å². The standard InChI is InChI=1S/C13H22N2O2/c1-2-9-15-10-6-7-12(15)13(17)14-8-4-3-5-11-16/h6-7,10,16H,2-5,8-9,11H2,1H3,(H,14,17). The summed E-state index contributed by atoms with van der Waals surface area (Å²) in [4.78, 5) is 11.9. The van der Waals surface area contributed by atoms with Crippen molar-refractivity contribution in [2.45, 2.75) is 39.2 Å². The molecule has 0 saturated heterocycles. The number of nitrogens with zero attached hydrogens (tertiary/aromatic N) is 1. The Labute approximate surface area is 103 Å². The van der Waals surface area contributed by atoms with Crippen LogP contribution < -0.4 is 5.32 Å². The van der Waals surface area contributed by atoms with Crippen LogP contribution in [0.2, 0.25) is 0 Å². The highest BCUT2D eigenvalue weighted by Gasteiger charge is 2.08. The van der Waals surface area contributed by atoms with Gasteiger partial charge < -0.3 is 15.0 Å². The second kappa shape index (κ2) is 7.90. The minimum absolute atomic E-state index is 0.00699. The van der Waals surface area contributed by atoms with Gasteiger partial charge in [-0.15, -0.1) is 0 Å². The number of carbonyl (C=O) groups is 1. The van der Waals surface area contributed by atoms with Crippen molar-refractivity contribution in [3.63, 3.8) is 0 Å². The van der Waals surface area contributed by atoms with Gasteiger partial charge in [0.15, 0.2) is 0 Å². The normalized spacial score (nSPS) is 10.5. The number of aromatic nitrogens is 1. The van der Waals surface area contributed by atoms with Crippen molar-refractivity contribution < 1.29 is 9.90 Å². The molecule has 0 saturated carbocycles. The van der Waals surface area contributed by atoms with Crippen LogP contribution in [0.5, 0.6) is 0 Å². The van der Waals surface area contributed by atoms with E-state index >= 15 is 0 Å². The van der Waals surface area contributed by atoms with Crippen LogP contribution in [0.4, 0.5) is 0 Å². The zero-order valence-electron chi connectivity index (χ0n) is 10.5. The van der Waals surface area contributed by atoms with E-state index in [1.165, 1.54) is 0 Å². The summed E-state index contributed by atoms with van der Waals surface area (Å²) in [6, 6.07) is 3.75. The second-order valence-electron chi connectivity index (χ2n) is 4.13. The van der Waals surface area contributed by atoms with Crippen molar-refractivity contribution in [3.8, 4) is 0 Å². The number of aryl methyl sites for hydroxylation is 1. The molecule has 4 heteroatoms. The fraction of sp³-hybridized carbons (Fsp3) is 0.615. The van der Waals surface area contributed by atoms with E-state index in [1.807, 2.05) is 22.9 Å². The fourth-order valence-corrected chi connectivity index (χ4v) is 1.76. The lowest BCUT2D eigenvalue weighted by molar-refractivity contribution is 0.0943. The van der Waals surface area contributed by atoms with E-state index in [0.29, 0.717) is 6.54 Å². The predicted molar refractivity (Wildman–Crippen MR) is 68.0 cm³/mol. The maximum absolute atomic E-state index is 11.9. The molecule has 1 aromatic rings. The van der Waals surface area contributed by atoms with E-state index in [0.717, 1.165) is 37.9 Å². The van der Waals surface area contributed by atoms with Gasteiger partial charge in [-0.1, -0.05) is 6.92 Å². The van der Waals surface area contributed by atoms with Crippen molar-refractivity contribution >= 4 is 5.91 Å². The summed E-state index contributed by atoms with van der Waals surface area (Å²) in [6.07, 6.45) is 5.63. The Bertz CT molecular complexity index is 334. The van der Waals surface area contributed by atoms with Gasteiger partial charge in [-0.3, -0.25) is 4.79 Å². The Balaban J connectivity index is 2.33. The number of nitrogens with one attached hydrogen (secondary N) is 1. The van der Waals surface area contributed by atoms with Gasteiger partial charge in [0.05, 0.1) is 0 Å². The van der Waals surface area contributed by atoms with Crippen LogP contribution in [0, 0.1) is 0 Å². The van der Waals surface area contributed by atoms with Gasteiger partial charge in [0.2, 0.25) is 0 Å². The molecule has 0 fully saturated rings. The molecule has 0 bridgehead atoms. The zero-order valence-corrected chi connectivity index (χ0v) is 10.5. The average Bonchev–Trinajstić information content (AvgIpc) is 2.77. The SMILES string of the molecule is CCCn1cccc1C(=O)NCCCCCO. The molecule has 1 amide bonds. The maximum atomic E-state index is 11.9. The van der Waals surface area contributed by atoms with Crippen molar-refractivity contribution in [2.24, 2.45) is 0 Å². The van der Waals surface area contributed by atoms with Gasteiger partial charge in [0.1, 0.15) is 5.69 Å². The molecule has 0 aromatic carbocycles. The van der Waals surface area contributed by atoms with E-state index in [4.69, 9.17) is 5.11 Å². The number of unbranched alkanes of at least 4 members (excludes halogenated alkanes) is 2. The minimum atomic E-state index is -0.00699. The molecule has 0 radical (unpaired) electrons. The molecular formula is C13H22N2O2. The fourth-order valence-electron chi connectivity index (χ4n) is 1.76. The van der Waals surface area contributed by atoms with E-state index in [1.54, 1.807) is 0 Å². The first-order chi connectivity index (χ1) is 8.29. The maximum Gasteiger partial charge on any atom is 0.267 e. The van der Waals surface area contributed by atoms with Gasteiger partial charge in [-0.25, -0.2) is 0 Å². The van der Waals surface area contributed by atoms with Crippen LogP contribution in [0.3, 0.4) is 0 Å². The third kappa shape index (κ3) is 4.61. The number of rotatable bonds is 8. The van der Waals surface area contributed by atoms with Crippen molar-refractivity contribution in [3.05, 3.63) is 24.0 Å². The van der Waals surface area contributed by atoms with Gasteiger partial charge in [-0.2, -0.15) is 0 Å². The molecule has 4 nitrogen and oxygen atoms in total. The molecule has 1 aromatic heterocycles. The summed E-state index contributed by atoms with van der Waals surface area (Å²) in [7, 11) is 0. The molecule has 2 N–H and O–H groups in total. The smallest absolute Gasteiger partial charge is 0.267 e. The van der Waals surface area contributed by atoms with Crippen LogP contribution in [0.25, 0.3) is 0 Å². The molecule has 0 atom stereocenters. The Morgan fingerprint density at radius 2 is 2.24 bits per heavy atom. The molecule has 0 spiro atoms. The number of aliphatic hydroxyl groups excluding tert-OH is 1. The number of amides is 1. The van der Waals surface area contributed by atoms with E-state index in [2.05, 4.69) is 12.2 Å². The lowest BCUT2D eigenvalue weighted by atomic mass is 10.2. The number of hydrogen-bond acceptors (Lipinski definition) is 2. The van der Waals surface area contributed by atoms with Gasteiger partial charge >= 0.3 is 0 Å². The Hall–Kier alpha value is -1.29. The van der Waals surface area contributed by atoms with E-state index in [-0.39, 0.29) is 12.5 Å². The lowest BCUT2D eigenvalue weighted by Crippen LogP contribution is -2.26. The lowest BCUT2D eigenvalue weighted by Gasteiger charge is -2.08. The molecule has 96 valence electrons. The van der Waals surface area contributed by atoms with Crippen molar-refractivity contribution in [1.82, 2.24) is 9.88 Å². The predicted octanol–water partition coefficient (Wildman–Crippen LogP) is 1.79. The second-order valence-corrected chi connectivity index (χ2v) is 4.13. The molecule has 0 aliphatic rings. The summed E-state index contributed by atoms with van der Waals surface area (Å²) >= 11 is 0. The Kier molecular flexibility index (Phi) is 6.40. The van der Waals surface area contributed by atoms with E-state index in [9.17, 15) is 4.79 Å². The molecule has 1 rings (SSSR count). The molecule has 17 heavy (non-hydrogen) atoms. The third-order valence-electron chi connectivity index (χ3n) is 2.65. The molecule has 0 aliphatic heterocycles. The number of carbonyl (C=O) groups excluding carboxylic acids is 1. The number of aliphatic hydroxyl groups is 1. The minimum Gasteiger partial charge on any atom is -0.396 e. The number of hydrogen-bond donors (Lipinski definition) is 2. The monoisotopic (exact) mass is 238 g/mol. The Morgan fingerprint density at radius 1 is 1.41 bits per heavy atom. The van der Waals surface area contributed by atoms with Gasteiger partial charge in [0.25, 0.3) is 5.91 Å². The highest BCUT2D eigenvalue weighted by molar-refractivity contribution is 5.92. The highest BCUT2D eigenvalue weighted by atomic mass is 16.2. The molecular weight excluding hydrogens is 216 g/mol. The van der Waals surface area contributed by atoms with E-state index < -0.39 is 0 Å². The zero-order chi connectivity index (χ0) is 12.5. The summed E-state index contributed by atoms with van der Waals surface area (Å²) in [6.45, 7) is 3.88. The van der Waals surface area contributed by atoms with Gasteiger partial charge in [0, 0.05) is 25.9 Å². The topological polar surface area (TPSA) is 54.3 Å². The summed E-state index contributed by atoms with van der Waals surface area (Å²) < 4.78 is 1.98. The molecule has 0 unspecified atom stereocenters. The average molecular weight is 238 g/mol. The summed E-state index contributed by atoms with van der Waals surface area (Å²) in [5.41, 5.74) is 0.731. The first-order valence-corrected chi connectivity index (χ1v) is 6.33. The third-order valence-corrected chi connectivity index (χ3v) is 2.65. The van der Waals surface area contributed by atoms with Crippen LogP contribution in [0.1, 0.15) is 43.1 Å². The highest BCUT2D eigenvalue weighted by Crippen LogP contribution is 2.03. The Morgan fingerprint density at radius 3 is 2.94 bits per heavy atom. The molecule has 0 aliphatic carbocycles. The van der Waals surface area contributed by atoms with Gasteiger partial charge in [-0.05, 0) is 37.8 Å². The van der Waals surface area contributed by atoms with Crippen LogP contribution in [-0.2, 0) is 6.54 Å². The van der Waals surface area contributed by atoms with Crippen molar-refractivity contribution in [2.75, 3.05) is 13.2 Å². The first kappa shape index (κ1) is 13.8. The largest absolute Gasteiger partial charge is 0.396 e. The summed E-state index contributed by atoms with van der Waals surface area (Å²) in [5.74, 6) is -0.00699. The first-order valence-electron chi connectivity index (χ1n) is 6.33. The summed E-state index contributed by atoms with van der Waals surface area (Å²) in [5, 5.41) is 11.5. The van der Waals surface area contributed by atoms with Crippen LogP contribution in [-0.4, -0.2) is 28.7 Å². The quantitative estimate of drug-likeness (QED) is 0.678. The van der Waals surface area contributed by atoms with Crippen LogP contribution in [0.15, 0.2) is 18.3 Å². The van der Waals surface area contributed by atoms with Crippen LogP contribution >= 0.6 is 0 Å².